The Bertz CT molecular complexity index is 1080. The quantitative estimate of drug-likeness (QED) is 0.165. The van der Waals surface area contributed by atoms with Gasteiger partial charge in [0, 0.05) is 5.39 Å². The third-order valence-corrected chi connectivity index (χ3v) is 6.83. The lowest BCUT2D eigenvalue weighted by Crippen LogP contribution is -2.10. The fraction of sp³-hybridized carbons (Fsp3) is 0.600. The Morgan fingerprint density at radius 3 is 2.05 bits per heavy atom. The molecule has 0 bridgehead atoms. The van der Waals surface area contributed by atoms with Crippen molar-refractivity contribution in [1.82, 2.24) is 19.7 Å². The van der Waals surface area contributed by atoms with E-state index in [1.54, 1.807) is 17.1 Å². The highest BCUT2D eigenvalue weighted by Gasteiger charge is 2.14. The van der Waals surface area contributed by atoms with Gasteiger partial charge in [0.2, 0.25) is 5.88 Å². The molecule has 0 aliphatic heterocycles. The average molecular weight is 509 g/mol. The number of aryl methyl sites for hydroxylation is 2. The van der Waals surface area contributed by atoms with Gasteiger partial charge in [0.1, 0.15) is 12.3 Å². The van der Waals surface area contributed by atoms with Gasteiger partial charge in [-0.1, -0.05) is 90.4 Å². The van der Waals surface area contributed by atoms with Crippen molar-refractivity contribution in [1.29, 1.82) is 0 Å². The molecule has 0 spiro atoms. The van der Waals surface area contributed by atoms with Crippen LogP contribution >= 0.6 is 0 Å². The number of carboxylic acid groups (broad SMARTS) is 1. The number of rotatable bonds is 19. The van der Waals surface area contributed by atoms with Crippen molar-refractivity contribution in [2.45, 2.75) is 117 Å². The van der Waals surface area contributed by atoms with Crippen LogP contribution in [0.5, 0.6) is 11.6 Å². The van der Waals surface area contributed by atoms with Crippen LogP contribution in [0.3, 0.4) is 0 Å². The van der Waals surface area contributed by atoms with E-state index in [-0.39, 0.29) is 6.54 Å². The van der Waals surface area contributed by atoms with E-state index in [9.17, 15) is 9.90 Å². The summed E-state index contributed by atoms with van der Waals surface area (Å²) in [6.45, 7) is 3.99. The molecule has 0 saturated carbocycles. The molecular weight excluding hydrogens is 464 g/mol. The van der Waals surface area contributed by atoms with Crippen LogP contribution in [0.25, 0.3) is 10.9 Å². The molecule has 37 heavy (non-hydrogen) atoms. The van der Waals surface area contributed by atoms with E-state index < -0.39 is 5.97 Å². The second kappa shape index (κ2) is 16.0. The van der Waals surface area contributed by atoms with Gasteiger partial charge >= 0.3 is 5.97 Å². The lowest BCUT2D eigenvalue weighted by molar-refractivity contribution is -0.137. The molecule has 0 fully saturated rings. The molecule has 202 valence electrons. The summed E-state index contributed by atoms with van der Waals surface area (Å²) >= 11 is 0. The standard InChI is InChI=1S/C30H44N4O3/c1-3-4-5-6-7-8-9-10-11-12-13-14-15-16-17-27-26-20-25(37-29-22-31-24(2)21-32-29)18-19-28(26)34(33-27)23-30(35)36/h18-22H,3-17,23H2,1-2H3,(H,35,36). The first-order valence-electron chi connectivity index (χ1n) is 14.2. The van der Waals surface area contributed by atoms with Crippen LogP contribution in [0.4, 0.5) is 0 Å². The molecular formula is C30H44N4O3. The van der Waals surface area contributed by atoms with Crippen LogP contribution in [0.15, 0.2) is 30.6 Å². The van der Waals surface area contributed by atoms with Gasteiger partial charge in [-0.3, -0.25) is 14.5 Å². The summed E-state index contributed by atoms with van der Waals surface area (Å²) in [6.07, 6.45) is 22.6. The fourth-order valence-corrected chi connectivity index (χ4v) is 4.76. The molecule has 0 aliphatic rings. The maximum atomic E-state index is 11.4. The maximum Gasteiger partial charge on any atom is 0.325 e. The summed E-state index contributed by atoms with van der Waals surface area (Å²) in [4.78, 5) is 19.8. The summed E-state index contributed by atoms with van der Waals surface area (Å²) in [7, 11) is 0. The van der Waals surface area contributed by atoms with Gasteiger partial charge in [-0.2, -0.15) is 5.10 Å². The van der Waals surface area contributed by atoms with Gasteiger partial charge in [-0.15, -0.1) is 0 Å². The van der Waals surface area contributed by atoms with Crippen molar-refractivity contribution >= 4 is 16.9 Å². The van der Waals surface area contributed by atoms with Crippen LogP contribution in [0, 0.1) is 6.92 Å². The highest BCUT2D eigenvalue weighted by Crippen LogP contribution is 2.28. The molecule has 0 radical (unpaired) electrons. The van der Waals surface area contributed by atoms with Gasteiger partial charge in [0.15, 0.2) is 0 Å². The topological polar surface area (TPSA) is 90.1 Å². The smallest absolute Gasteiger partial charge is 0.325 e. The predicted molar refractivity (Wildman–Crippen MR) is 148 cm³/mol. The fourth-order valence-electron chi connectivity index (χ4n) is 4.76. The summed E-state index contributed by atoms with van der Waals surface area (Å²) < 4.78 is 7.46. The number of ether oxygens (including phenoxy) is 1. The molecule has 2 aromatic heterocycles. The van der Waals surface area contributed by atoms with Crippen molar-refractivity contribution in [2.24, 2.45) is 0 Å². The van der Waals surface area contributed by atoms with Crippen LogP contribution in [-0.4, -0.2) is 30.8 Å². The number of hydrogen-bond acceptors (Lipinski definition) is 5. The van der Waals surface area contributed by atoms with Crippen molar-refractivity contribution in [3.8, 4) is 11.6 Å². The van der Waals surface area contributed by atoms with E-state index in [4.69, 9.17) is 4.74 Å². The number of carboxylic acids is 1. The molecule has 2 heterocycles. The summed E-state index contributed by atoms with van der Waals surface area (Å²) in [6, 6.07) is 5.62. The molecule has 1 aromatic carbocycles. The zero-order valence-electron chi connectivity index (χ0n) is 22.8. The Kier molecular flexibility index (Phi) is 12.4. The Morgan fingerprint density at radius 2 is 1.49 bits per heavy atom. The van der Waals surface area contributed by atoms with Crippen LogP contribution in [-0.2, 0) is 17.8 Å². The number of fused-ring (bicyclic) bond motifs is 1. The van der Waals surface area contributed by atoms with Crippen molar-refractivity contribution in [3.63, 3.8) is 0 Å². The van der Waals surface area contributed by atoms with Crippen molar-refractivity contribution in [3.05, 3.63) is 42.0 Å². The molecule has 3 aromatic rings. The van der Waals surface area contributed by atoms with Crippen molar-refractivity contribution in [2.75, 3.05) is 0 Å². The maximum absolute atomic E-state index is 11.4. The van der Waals surface area contributed by atoms with Gasteiger partial charge in [0.05, 0.1) is 29.3 Å². The molecule has 0 aliphatic carbocycles. The molecule has 7 nitrogen and oxygen atoms in total. The third kappa shape index (κ3) is 10.1. The first-order chi connectivity index (χ1) is 18.1. The average Bonchev–Trinajstić information content (AvgIpc) is 3.21. The van der Waals surface area contributed by atoms with E-state index >= 15 is 0 Å². The number of hydrogen-bond donors (Lipinski definition) is 1. The highest BCUT2D eigenvalue weighted by atomic mass is 16.5. The minimum Gasteiger partial charge on any atom is -0.480 e. The number of aromatic nitrogens is 4. The van der Waals surface area contributed by atoms with Crippen molar-refractivity contribution < 1.29 is 14.6 Å². The van der Waals surface area contributed by atoms with Gasteiger partial charge in [-0.25, -0.2) is 4.98 Å². The first-order valence-corrected chi connectivity index (χ1v) is 14.2. The van der Waals surface area contributed by atoms with E-state index in [1.807, 2.05) is 25.1 Å². The van der Waals surface area contributed by atoms with Gasteiger partial charge in [-0.05, 0) is 38.0 Å². The van der Waals surface area contributed by atoms with Gasteiger partial charge < -0.3 is 9.84 Å². The Labute approximate surface area is 221 Å². The van der Waals surface area contributed by atoms with Crippen LogP contribution in [0.2, 0.25) is 0 Å². The minimum atomic E-state index is -0.900. The monoisotopic (exact) mass is 508 g/mol. The zero-order chi connectivity index (χ0) is 26.3. The minimum absolute atomic E-state index is 0.154. The largest absolute Gasteiger partial charge is 0.480 e. The highest BCUT2D eigenvalue weighted by molar-refractivity contribution is 5.84. The van der Waals surface area contributed by atoms with Gasteiger partial charge in [0.25, 0.3) is 0 Å². The normalized spacial score (nSPS) is 11.3. The van der Waals surface area contributed by atoms with E-state index in [0.717, 1.165) is 35.1 Å². The molecule has 0 atom stereocenters. The number of nitrogens with zero attached hydrogens (tertiary/aromatic N) is 4. The van der Waals surface area contributed by atoms with E-state index in [2.05, 4.69) is 22.0 Å². The molecule has 3 rings (SSSR count). The Balaban J connectivity index is 1.43. The number of benzene rings is 1. The second-order valence-corrected chi connectivity index (χ2v) is 10.1. The van der Waals surface area contributed by atoms with E-state index in [0.29, 0.717) is 11.6 Å². The molecule has 0 saturated heterocycles. The van der Waals surface area contributed by atoms with Crippen LogP contribution < -0.4 is 4.74 Å². The summed E-state index contributed by atoms with van der Waals surface area (Å²) in [5, 5.41) is 14.9. The molecule has 0 unspecified atom stereocenters. The number of aliphatic carboxylic acids is 1. The lowest BCUT2D eigenvalue weighted by Gasteiger charge is -2.05. The summed E-state index contributed by atoms with van der Waals surface area (Å²) in [5.41, 5.74) is 2.56. The number of unbranched alkanes of at least 4 members (excludes halogenated alkanes) is 13. The lowest BCUT2D eigenvalue weighted by atomic mass is 10.0. The molecule has 7 heteroatoms. The molecule has 0 amide bonds. The first kappa shape index (κ1) is 28.6. The zero-order valence-corrected chi connectivity index (χ0v) is 22.8. The predicted octanol–water partition coefficient (Wildman–Crippen LogP) is 8.04. The van der Waals surface area contributed by atoms with Crippen LogP contribution in [0.1, 0.15) is 108 Å². The second-order valence-electron chi connectivity index (χ2n) is 10.1. The molecule has 1 N–H and O–H groups in total. The third-order valence-electron chi connectivity index (χ3n) is 6.83. The summed E-state index contributed by atoms with van der Waals surface area (Å²) in [5.74, 6) is 0.168. The Hall–Kier alpha value is -2.96. The van der Waals surface area contributed by atoms with E-state index in [1.165, 1.54) is 83.5 Å². The Morgan fingerprint density at radius 1 is 0.865 bits per heavy atom. The number of carbonyl (C=O) groups is 1. The SMILES string of the molecule is CCCCCCCCCCCCCCCCc1nn(CC(=O)O)c2ccc(Oc3cnc(C)cn3)cc12.